The number of nitrogens with two attached hydrogens (primary N) is 2. The molecule has 1 aliphatic heterocycles. The van der Waals surface area contributed by atoms with Crippen molar-refractivity contribution < 1.29 is 4.79 Å². The number of nitrogen functional groups attached to an aromatic ring is 1. The number of hydrogen-bond donors (Lipinski definition) is 2. The van der Waals surface area contributed by atoms with E-state index in [1.165, 1.54) is 37.7 Å². The number of ketones is 1. The van der Waals surface area contributed by atoms with E-state index in [0.717, 1.165) is 48.1 Å². The molecule has 172 valence electrons. The van der Waals surface area contributed by atoms with Crippen LogP contribution in [0.2, 0.25) is 0 Å². The van der Waals surface area contributed by atoms with Gasteiger partial charge in [0, 0.05) is 54.6 Å². The summed E-state index contributed by atoms with van der Waals surface area (Å²) in [6.07, 6.45) is 12.2. The molecule has 5 rings (SSSR count). The molecule has 2 fully saturated rings. The average Bonchev–Trinajstić information content (AvgIpc) is 2.84. The maximum atomic E-state index is 13.4. The number of pyridine rings is 2. The number of anilines is 2. The molecule has 0 bridgehead atoms. The summed E-state index contributed by atoms with van der Waals surface area (Å²) >= 11 is 0. The molecule has 3 heterocycles. The Labute approximate surface area is 195 Å². The summed E-state index contributed by atoms with van der Waals surface area (Å²) in [6, 6.07) is 10.5. The first kappa shape index (κ1) is 21.8. The quantitative estimate of drug-likeness (QED) is 0.559. The summed E-state index contributed by atoms with van der Waals surface area (Å²) in [5, 5.41) is 0.980. The van der Waals surface area contributed by atoms with Gasteiger partial charge in [-0.1, -0.05) is 31.4 Å². The normalized spacial score (nSPS) is 19.7. The van der Waals surface area contributed by atoms with Crippen molar-refractivity contribution in [3.05, 3.63) is 59.5 Å². The van der Waals surface area contributed by atoms with Crippen molar-refractivity contribution in [3.63, 3.8) is 0 Å². The lowest BCUT2D eigenvalue weighted by Gasteiger charge is -2.33. The Morgan fingerprint density at radius 3 is 2.73 bits per heavy atom. The highest BCUT2D eigenvalue weighted by Crippen LogP contribution is 2.34. The third-order valence-corrected chi connectivity index (χ3v) is 7.24. The second kappa shape index (κ2) is 9.48. The fraction of sp³-hybridized carbons (Fsp3) is 0.444. The number of carbonyl (C=O) groups is 1. The van der Waals surface area contributed by atoms with E-state index in [4.69, 9.17) is 16.5 Å². The molecule has 1 atom stereocenters. The van der Waals surface area contributed by atoms with Crippen LogP contribution in [-0.2, 0) is 6.42 Å². The zero-order valence-electron chi connectivity index (χ0n) is 19.2. The molecule has 1 saturated carbocycles. The Kier molecular flexibility index (Phi) is 6.27. The highest BCUT2D eigenvalue weighted by Gasteiger charge is 2.22. The fourth-order valence-corrected chi connectivity index (χ4v) is 5.46. The molecule has 2 aliphatic rings. The van der Waals surface area contributed by atoms with Crippen molar-refractivity contribution in [1.82, 2.24) is 9.97 Å². The van der Waals surface area contributed by atoms with Gasteiger partial charge in [-0.25, -0.2) is 4.98 Å². The SMILES string of the molecule is Nc1cc2ccc(C3CCCCC3)cc2nc1C(=O)Cc1cnccc1N1CCC[C@H](N)C1. The first-order valence-corrected chi connectivity index (χ1v) is 12.3. The summed E-state index contributed by atoms with van der Waals surface area (Å²) in [4.78, 5) is 24.7. The van der Waals surface area contributed by atoms with Crippen molar-refractivity contribution in [3.8, 4) is 0 Å². The van der Waals surface area contributed by atoms with E-state index >= 15 is 0 Å². The third-order valence-electron chi connectivity index (χ3n) is 7.24. The zero-order valence-corrected chi connectivity index (χ0v) is 19.2. The maximum Gasteiger partial charge on any atom is 0.187 e. The number of benzene rings is 1. The van der Waals surface area contributed by atoms with Crippen LogP contribution in [0.1, 0.15) is 72.5 Å². The molecule has 1 aliphatic carbocycles. The minimum absolute atomic E-state index is 0.0759. The fourth-order valence-electron chi connectivity index (χ4n) is 5.46. The minimum Gasteiger partial charge on any atom is -0.397 e. The monoisotopic (exact) mass is 443 g/mol. The molecule has 2 aromatic heterocycles. The molecular formula is C27H33N5O. The van der Waals surface area contributed by atoms with E-state index in [9.17, 15) is 4.79 Å². The Morgan fingerprint density at radius 2 is 1.91 bits per heavy atom. The van der Waals surface area contributed by atoms with Gasteiger partial charge in [0.15, 0.2) is 5.78 Å². The topological polar surface area (TPSA) is 98.1 Å². The molecule has 6 nitrogen and oxygen atoms in total. The molecule has 4 N–H and O–H groups in total. The van der Waals surface area contributed by atoms with Crippen molar-refractivity contribution in [2.75, 3.05) is 23.7 Å². The first-order valence-electron chi connectivity index (χ1n) is 12.3. The van der Waals surface area contributed by atoms with Crippen molar-refractivity contribution in [2.24, 2.45) is 5.73 Å². The van der Waals surface area contributed by atoms with Crippen LogP contribution in [-0.4, -0.2) is 34.9 Å². The highest BCUT2D eigenvalue weighted by molar-refractivity contribution is 6.03. The van der Waals surface area contributed by atoms with E-state index in [-0.39, 0.29) is 18.2 Å². The van der Waals surface area contributed by atoms with Crippen molar-refractivity contribution >= 4 is 28.1 Å². The van der Waals surface area contributed by atoms with Gasteiger partial charge in [0.05, 0.1) is 11.2 Å². The number of rotatable bonds is 5. The summed E-state index contributed by atoms with van der Waals surface area (Å²) in [5.74, 6) is 0.517. The second-order valence-corrected chi connectivity index (χ2v) is 9.67. The Hall–Kier alpha value is -2.99. The van der Waals surface area contributed by atoms with Crippen LogP contribution in [0.3, 0.4) is 0 Å². The van der Waals surface area contributed by atoms with Crippen LogP contribution in [0.5, 0.6) is 0 Å². The van der Waals surface area contributed by atoms with Gasteiger partial charge in [-0.15, -0.1) is 0 Å². The highest BCUT2D eigenvalue weighted by atomic mass is 16.1. The molecule has 0 spiro atoms. The number of carbonyl (C=O) groups excluding carboxylic acids is 1. The maximum absolute atomic E-state index is 13.4. The van der Waals surface area contributed by atoms with Crippen LogP contribution in [0.25, 0.3) is 10.9 Å². The average molecular weight is 444 g/mol. The molecule has 1 saturated heterocycles. The molecule has 3 aromatic rings. The van der Waals surface area contributed by atoms with Crippen LogP contribution in [0.4, 0.5) is 11.4 Å². The van der Waals surface area contributed by atoms with Crippen LogP contribution in [0.15, 0.2) is 42.7 Å². The lowest BCUT2D eigenvalue weighted by molar-refractivity contribution is 0.0989. The molecule has 33 heavy (non-hydrogen) atoms. The zero-order chi connectivity index (χ0) is 22.8. The van der Waals surface area contributed by atoms with Gasteiger partial charge in [-0.05, 0) is 55.4 Å². The third kappa shape index (κ3) is 4.71. The van der Waals surface area contributed by atoms with Gasteiger partial charge in [0.2, 0.25) is 0 Å². The molecular weight excluding hydrogens is 410 g/mol. The van der Waals surface area contributed by atoms with Gasteiger partial charge in [-0.3, -0.25) is 9.78 Å². The summed E-state index contributed by atoms with van der Waals surface area (Å²) in [6.45, 7) is 1.74. The Morgan fingerprint density at radius 1 is 1.06 bits per heavy atom. The van der Waals surface area contributed by atoms with Gasteiger partial charge in [-0.2, -0.15) is 0 Å². The number of piperidine rings is 1. The van der Waals surface area contributed by atoms with Crippen LogP contribution >= 0.6 is 0 Å². The molecule has 1 aromatic carbocycles. The standard InChI is InChI=1S/C27H33N5O/c28-22-7-4-12-32(17-22)25-10-11-30-16-21(25)15-26(33)27-23(29)13-20-9-8-19(14-24(20)31-27)18-5-2-1-3-6-18/h8-11,13-14,16,18,22H,1-7,12,15,17,28-29H2/t22-/m0/s1. The second-order valence-electron chi connectivity index (χ2n) is 9.67. The minimum atomic E-state index is -0.0759. The summed E-state index contributed by atoms with van der Waals surface area (Å²) < 4.78 is 0. The Bertz CT molecular complexity index is 1150. The number of aromatic nitrogens is 2. The molecule has 0 radical (unpaired) electrons. The Balaban J connectivity index is 1.42. The van der Waals surface area contributed by atoms with E-state index in [0.29, 0.717) is 17.3 Å². The summed E-state index contributed by atoms with van der Waals surface area (Å²) in [7, 11) is 0. The van der Waals surface area contributed by atoms with Gasteiger partial charge >= 0.3 is 0 Å². The van der Waals surface area contributed by atoms with Gasteiger partial charge < -0.3 is 16.4 Å². The van der Waals surface area contributed by atoms with Crippen molar-refractivity contribution in [1.29, 1.82) is 0 Å². The van der Waals surface area contributed by atoms with E-state index < -0.39 is 0 Å². The predicted molar refractivity (Wildman–Crippen MR) is 134 cm³/mol. The lowest BCUT2D eigenvalue weighted by atomic mass is 9.84. The lowest BCUT2D eigenvalue weighted by Crippen LogP contribution is -2.43. The molecule has 0 unspecified atom stereocenters. The number of nitrogens with zero attached hydrogens (tertiary/aromatic N) is 3. The van der Waals surface area contributed by atoms with Gasteiger partial charge in [0.25, 0.3) is 0 Å². The number of fused-ring (bicyclic) bond motifs is 1. The van der Waals surface area contributed by atoms with E-state index in [1.54, 1.807) is 12.4 Å². The molecule has 0 amide bonds. The van der Waals surface area contributed by atoms with Crippen LogP contribution in [0, 0.1) is 0 Å². The number of Topliss-reactive ketones (excluding diaryl/α,β-unsaturated/α-hetero) is 1. The number of hydrogen-bond acceptors (Lipinski definition) is 6. The first-order chi connectivity index (χ1) is 16.1. The smallest absolute Gasteiger partial charge is 0.187 e. The molecule has 6 heteroatoms. The van der Waals surface area contributed by atoms with Crippen LogP contribution < -0.4 is 16.4 Å². The largest absolute Gasteiger partial charge is 0.397 e. The van der Waals surface area contributed by atoms with E-state index in [2.05, 4.69) is 28.1 Å². The van der Waals surface area contributed by atoms with Gasteiger partial charge in [0.1, 0.15) is 5.69 Å². The predicted octanol–water partition coefficient (Wildman–Crippen LogP) is 4.61. The van der Waals surface area contributed by atoms with Crippen molar-refractivity contribution in [2.45, 2.75) is 63.3 Å². The summed E-state index contributed by atoms with van der Waals surface area (Å²) in [5.41, 5.74) is 17.4. The van der Waals surface area contributed by atoms with E-state index in [1.807, 2.05) is 12.1 Å².